The maximum Gasteiger partial charge on any atom is 0.255 e. The SMILES string of the molecule is CCCNC(=O)c1cc(NC(=O)c2ccccc2)ccc1N(C)C. The van der Waals surface area contributed by atoms with E-state index in [1.165, 1.54) is 0 Å². The molecule has 0 aliphatic rings. The molecule has 0 aliphatic carbocycles. The molecule has 2 N–H and O–H groups in total. The number of anilines is 2. The molecule has 0 atom stereocenters. The van der Waals surface area contributed by atoms with Crippen LogP contribution in [0.2, 0.25) is 0 Å². The molecular weight excluding hydrogens is 302 g/mol. The van der Waals surface area contributed by atoms with Gasteiger partial charge in [0.15, 0.2) is 0 Å². The third-order valence-electron chi connectivity index (χ3n) is 3.55. The van der Waals surface area contributed by atoms with Crippen LogP contribution in [0.5, 0.6) is 0 Å². The van der Waals surface area contributed by atoms with Crippen LogP contribution in [0, 0.1) is 0 Å². The van der Waals surface area contributed by atoms with Gasteiger partial charge in [0.25, 0.3) is 11.8 Å². The second-order valence-corrected chi connectivity index (χ2v) is 5.70. The lowest BCUT2D eigenvalue weighted by Gasteiger charge is -2.18. The van der Waals surface area contributed by atoms with E-state index in [1.807, 2.05) is 50.2 Å². The summed E-state index contributed by atoms with van der Waals surface area (Å²) >= 11 is 0. The van der Waals surface area contributed by atoms with E-state index in [0.29, 0.717) is 23.4 Å². The molecule has 0 bridgehead atoms. The number of amides is 2. The molecule has 2 aromatic rings. The zero-order valence-electron chi connectivity index (χ0n) is 14.3. The number of nitrogens with one attached hydrogen (secondary N) is 2. The summed E-state index contributed by atoms with van der Waals surface area (Å²) in [5.74, 6) is -0.343. The monoisotopic (exact) mass is 325 g/mol. The fraction of sp³-hybridized carbons (Fsp3) is 0.263. The molecule has 0 saturated carbocycles. The summed E-state index contributed by atoms with van der Waals surface area (Å²) < 4.78 is 0. The van der Waals surface area contributed by atoms with Crippen molar-refractivity contribution in [3.8, 4) is 0 Å². The van der Waals surface area contributed by atoms with Crippen LogP contribution < -0.4 is 15.5 Å². The normalized spacial score (nSPS) is 10.1. The van der Waals surface area contributed by atoms with E-state index < -0.39 is 0 Å². The van der Waals surface area contributed by atoms with Crippen molar-refractivity contribution in [1.82, 2.24) is 5.32 Å². The van der Waals surface area contributed by atoms with Crippen LogP contribution in [0.15, 0.2) is 48.5 Å². The summed E-state index contributed by atoms with van der Waals surface area (Å²) in [7, 11) is 3.77. The number of carbonyl (C=O) groups is 2. The first-order valence-electron chi connectivity index (χ1n) is 7.99. The van der Waals surface area contributed by atoms with Gasteiger partial charge in [-0.3, -0.25) is 9.59 Å². The van der Waals surface area contributed by atoms with Crippen molar-refractivity contribution in [2.45, 2.75) is 13.3 Å². The van der Waals surface area contributed by atoms with Gasteiger partial charge in [-0.1, -0.05) is 25.1 Å². The molecule has 0 fully saturated rings. The second kappa shape index (κ2) is 8.15. The first-order valence-corrected chi connectivity index (χ1v) is 7.99. The lowest BCUT2D eigenvalue weighted by atomic mass is 10.1. The largest absolute Gasteiger partial charge is 0.377 e. The minimum Gasteiger partial charge on any atom is -0.377 e. The van der Waals surface area contributed by atoms with Crippen molar-refractivity contribution >= 4 is 23.2 Å². The van der Waals surface area contributed by atoms with Crippen LogP contribution in [0.4, 0.5) is 11.4 Å². The molecule has 0 unspecified atom stereocenters. The summed E-state index contributed by atoms with van der Waals surface area (Å²) in [5, 5.41) is 5.72. The Bertz CT molecular complexity index is 712. The predicted molar refractivity (Wildman–Crippen MR) is 97.8 cm³/mol. The van der Waals surface area contributed by atoms with Crippen LogP contribution in [0.25, 0.3) is 0 Å². The predicted octanol–water partition coefficient (Wildman–Crippen LogP) is 3.14. The Morgan fingerprint density at radius 1 is 1.00 bits per heavy atom. The lowest BCUT2D eigenvalue weighted by Crippen LogP contribution is -2.26. The van der Waals surface area contributed by atoms with E-state index in [-0.39, 0.29) is 11.8 Å². The average Bonchev–Trinajstić information content (AvgIpc) is 2.60. The molecule has 24 heavy (non-hydrogen) atoms. The summed E-state index contributed by atoms with van der Waals surface area (Å²) in [6.45, 7) is 2.62. The van der Waals surface area contributed by atoms with Crippen molar-refractivity contribution in [2.24, 2.45) is 0 Å². The van der Waals surface area contributed by atoms with Gasteiger partial charge in [0.1, 0.15) is 0 Å². The highest BCUT2D eigenvalue weighted by atomic mass is 16.2. The fourth-order valence-corrected chi connectivity index (χ4v) is 2.31. The maximum absolute atomic E-state index is 12.4. The molecule has 0 spiro atoms. The first-order chi connectivity index (χ1) is 11.5. The maximum atomic E-state index is 12.4. The van der Waals surface area contributed by atoms with E-state index in [1.54, 1.807) is 24.3 Å². The molecule has 0 aliphatic heterocycles. The minimum absolute atomic E-state index is 0.142. The number of rotatable bonds is 6. The average molecular weight is 325 g/mol. The number of nitrogens with zero attached hydrogens (tertiary/aromatic N) is 1. The Morgan fingerprint density at radius 2 is 1.71 bits per heavy atom. The molecule has 126 valence electrons. The quantitative estimate of drug-likeness (QED) is 0.858. The zero-order chi connectivity index (χ0) is 17.5. The van der Waals surface area contributed by atoms with E-state index in [4.69, 9.17) is 0 Å². The first kappa shape index (κ1) is 17.5. The van der Waals surface area contributed by atoms with Crippen molar-refractivity contribution < 1.29 is 9.59 Å². The molecule has 2 aromatic carbocycles. The number of hydrogen-bond acceptors (Lipinski definition) is 3. The molecule has 0 saturated heterocycles. The van der Waals surface area contributed by atoms with Crippen LogP contribution in [0.1, 0.15) is 34.1 Å². The van der Waals surface area contributed by atoms with Gasteiger partial charge in [0.05, 0.1) is 5.56 Å². The summed E-state index contributed by atoms with van der Waals surface area (Å²) in [5.41, 5.74) is 2.52. The standard InChI is InChI=1S/C19H23N3O2/c1-4-12-20-19(24)16-13-15(10-11-17(16)22(2)3)21-18(23)14-8-6-5-7-9-14/h5-11,13H,4,12H2,1-3H3,(H,20,24)(H,21,23). The number of benzene rings is 2. The van der Waals surface area contributed by atoms with Crippen molar-refractivity contribution in [3.05, 3.63) is 59.7 Å². The molecule has 0 radical (unpaired) electrons. The van der Waals surface area contributed by atoms with Crippen molar-refractivity contribution in [1.29, 1.82) is 0 Å². The minimum atomic E-state index is -0.201. The Kier molecular flexibility index (Phi) is 5.95. The van der Waals surface area contributed by atoms with E-state index in [0.717, 1.165) is 12.1 Å². The van der Waals surface area contributed by atoms with E-state index in [2.05, 4.69) is 10.6 Å². The van der Waals surface area contributed by atoms with Crippen LogP contribution in [-0.2, 0) is 0 Å². The van der Waals surface area contributed by atoms with Crippen molar-refractivity contribution in [3.63, 3.8) is 0 Å². The Balaban J connectivity index is 2.25. The third kappa shape index (κ3) is 4.35. The van der Waals surface area contributed by atoms with Gasteiger partial charge in [0.2, 0.25) is 0 Å². The van der Waals surface area contributed by atoms with Gasteiger partial charge in [0, 0.05) is 37.6 Å². The molecular formula is C19H23N3O2. The van der Waals surface area contributed by atoms with Crippen LogP contribution in [-0.4, -0.2) is 32.5 Å². The highest BCUT2D eigenvalue weighted by Crippen LogP contribution is 2.23. The van der Waals surface area contributed by atoms with Gasteiger partial charge < -0.3 is 15.5 Å². The zero-order valence-corrected chi connectivity index (χ0v) is 14.3. The second-order valence-electron chi connectivity index (χ2n) is 5.70. The Morgan fingerprint density at radius 3 is 2.33 bits per heavy atom. The van der Waals surface area contributed by atoms with E-state index >= 15 is 0 Å². The van der Waals surface area contributed by atoms with Crippen LogP contribution in [0.3, 0.4) is 0 Å². The van der Waals surface area contributed by atoms with Gasteiger partial charge in [-0.05, 0) is 36.8 Å². The van der Waals surface area contributed by atoms with Gasteiger partial charge >= 0.3 is 0 Å². The van der Waals surface area contributed by atoms with Gasteiger partial charge in [-0.2, -0.15) is 0 Å². The van der Waals surface area contributed by atoms with Crippen LogP contribution >= 0.6 is 0 Å². The molecule has 5 heteroatoms. The topological polar surface area (TPSA) is 61.4 Å². The summed E-state index contributed by atoms with van der Waals surface area (Å²) in [6.07, 6.45) is 0.869. The smallest absolute Gasteiger partial charge is 0.255 e. The highest BCUT2D eigenvalue weighted by Gasteiger charge is 2.14. The molecule has 0 aromatic heterocycles. The fourth-order valence-electron chi connectivity index (χ4n) is 2.31. The Hall–Kier alpha value is -2.82. The summed E-state index contributed by atoms with van der Waals surface area (Å²) in [4.78, 5) is 26.5. The number of carbonyl (C=O) groups excluding carboxylic acids is 2. The molecule has 0 heterocycles. The lowest BCUT2D eigenvalue weighted by molar-refractivity contribution is 0.0952. The van der Waals surface area contributed by atoms with Gasteiger partial charge in [-0.25, -0.2) is 0 Å². The highest BCUT2D eigenvalue weighted by molar-refractivity contribution is 6.06. The number of hydrogen-bond donors (Lipinski definition) is 2. The van der Waals surface area contributed by atoms with E-state index in [9.17, 15) is 9.59 Å². The van der Waals surface area contributed by atoms with Crippen molar-refractivity contribution in [2.75, 3.05) is 30.9 Å². The third-order valence-corrected chi connectivity index (χ3v) is 3.55. The molecule has 2 rings (SSSR count). The molecule has 2 amide bonds. The van der Waals surface area contributed by atoms with Gasteiger partial charge in [-0.15, -0.1) is 0 Å². The Labute approximate surface area is 142 Å². The molecule has 5 nitrogen and oxygen atoms in total. The summed E-state index contributed by atoms with van der Waals surface area (Å²) in [6, 6.07) is 14.3.